The van der Waals surface area contributed by atoms with Crippen LogP contribution in [0.1, 0.15) is 33.4 Å². The first kappa shape index (κ1) is 19.2. The third-order valence-electron chi connectivity index (χ3n) is 3.67. The third kappa shape index (κ3) is 6.45. The van der Waals surface area contributed by atoms with Crippen molar-refractivity contribution in [1.82, 2.24) is 10.1 Å². The van der Waals surface area contributed by atoms with Crippen molar-refractivity contribution in [3.63, 3.8) is 0 Å². The molecular weight excluding hydrogens is 286 g/mol. The maximum absolute atomic E-state index is 4.85. The van der Waals surface area contributed by atoms with E-state index in [1.807, 2.05) is 33.8 Å². The standard InChI is InChI=1S/C15H19N3O.2C2H6/c1-2-4-15(5-3-1)18-11-9-17(10-12-18)8-6-14-7-13-19-16-14;2*1-2/h1-5,7,13H,6,8-12H2;2*1-2H3. The molecule has 0 saturated carbocycles. The van der Waals surface area contributed by atoms with Gasteiger partial charge in [-0.1, -0.05) is 51.1 Å². The summed E-state index contributed by atoms with van der Waals surface area (Å²) >= 11 is 0. The van der Waals surface area contributed by atoms with Crippen LogP contribution in [0.5, 0.6) is 0 Å². The largest absolute Gasteiger partial charge is 0.369 e. The van der Waals surface area contributed by atoms with E-state index in [-0.39, 0.29) is 0 Å². The molecule has 1 fully saturated rings. The van der Waals surface area contributed by atoms with Gasteiger partial charge in [0.1, 0.15) is 6.26 Å². The molecule has 128 valence electrons. The van der Waals surface area contributed by atoms with Crippen LogP contribution in [0.4, 0.5) is 5.69 Å². The number of benzene rings is 1. The molecule has 0 bridgehead atoms. The zero-order valence-corrected chi connectivity index (χ0v) is 15.0. The molecule has 2 aromatic rings. The molecule has 3 rings (SSSR count). The number of piperazine rings is 1. The Morgan fingerprint density at radius 3 is 2.13 bits per heavy atom. The quantitative estimate of drug-likeness (QED) is 0.850. The van der Waals surface area contributed by atoms with Gasteiger partial charge in [0.2, 0.25) is 0 Å². The molecule has 0 amide bonds. The van der Waals surface area contributed by atoms with E-state index in [9.17, 15) is 0 Å². The Labute approximate surface area is 141 Å². The van der Waals surface area contributed by atoms with Crippen molar-refractivity contribution in [1.29, 1.82) is 0 Å². The summed E-state index contributed by atoms with van der Waals surface area (Å²) in [5.74, 6) is 0. The lowest BCUT2D eigenvalue weighted by Crippen LogP contribution is -2.47. The fourth-order valence-corrected chi connectivity index (χ4v) is 2.51. The predicted octanol–water partition coefficient (Wildman–Crippen LogP) is 4.09. The first-order valence-electron chi connectivity index (χ1n) is 8.83. The molecule has 23 heavy (non-hydrogen) atoms. The summed E-state index contributed by atoms with van der Waals surface area (Å²) < 4.78 is 4.85. The van der Waals surface area contributed by atoms with Crippen LogP contribution < -0.4 is 4.90 Å². The van der Waals surface area contributed by atoms with Crippen LogP contribution in [-0.4, -0.2) is 42.8 Å². The lowest BCUT2D eigenvalue weighted by atomic mass is 10.2. The smallest absolute Gasteiger partial charge is 0.124 e. The fraction of sp³-hybridized carbons (Fsp3) is 0.526. The van der Waals surface area contributed by atoms with Gasteiger partial charge in [0.15, 0.2) is 0 Å². The minimum absolute atomic E-state index is 0.974. The van der Waals surface area contributed by atoms with Crippen LogP contribution in [0.3, 0.4) is 0 Å². The average molecular weight is 317 g/mol. The lowest BCUT2D eigenvalue weighted by molar-refractivity contribution is 0.259. The second kappa shape index (κ2) is 11.7. The van der Waals surface area contributed by atoms with Crippen LogP contribution in [0.25, 0.3) is 0 Å². The third-order valence-corrected chi connectivity index (χ3v) is 3.67. The zero-order valence-electron chi connectivity index (χ0n) is 15.0. The van der Waals surface area contributed by atoms with Gasteiger partial charge in [-0.25, -0.2) is 0 Å². The predicted molar refractivity (Wildman–Crippen MR) is 98.0 cm³/mol. The fourth-order valence-electron chi connectivity index (χ4n) is 2.51. The van der Waals surface area contributed by atoms with Crippen LogP contribution in [-0.2, 0) is 6.42 Å². The van der Waals surface area contributed by atoms with Gasteiger partial charge in [0.05, 0.1) is 5.69 Å². The number of anilines is 1. The molecule has 0 aliphatic carbocycles. The SMILES string of the molecule is CC.CC.c1ccc(N2CCN(CCc3ccon3)CC2)cc1. The molecule has 0 N–H and O–H groups in total. The Kier molecular flexibility index (Phi) is 9.80. The van der Waals surface area contributed by atoms with E-state index in [1.54, 1.807) is 6.26 Å². The van der Waals surface area contributed by atoms with Crippen molar-refractivity contribution < 1.29 is 4.52 Å². The van der Waals surface area contributed by atoms with Gasteiger partial charge in [-0.3, -0.25) is 4.90 Å². The molecule has 2 heterocycles. The van der Waals surface area contributed by atoms with Crippen molar-refractivity contribution in [3.8, 4) is 0 Å². The monoisotopic (exact) mass is 317 g/mol. The number of aromatic nitrogens is 1. The first-order chi connectivity index (χ1) is 11.4. The molecule has 1 aromatic heterocycles. The highest BCUT2D eigenvalue weighted by molar-refractivity contribution is 5.46. The number of hydrogen-bond acceptors (Lipinski definition) is 4. The molecular formula is C19H31N3O. The van der Waals surface area contributed by atoms with Crippen LogP contribution in [0, 0.1) is 0 Å². The highest BCUT2D eigenvalue weighted by Crippen LogP contribution is 2.15. The summed E-state index contributed by atoms with van der Waals surface area (Å²) in [6, 6.07) is 12.6. The molecule has 4 heteroatoms. The van der Waals surface area contributed by atoms with Gasteiger partial charge in [-0.15, -0.1) is 0 Å². The van der Waals surface area contributed by atoms with Crippen molar-refractivity contribution in [2.24, 2.45) is 0 Å². The topological polar surface area (TPSA) is 32.5 Å². The lowest BCUT2D eigenvalue weighted by Gasteiger charge is -2.36. The Morgan fingerprint density at radius 2 is 1.57 bits per heavy atom. The summed E-state index contributed by atoms with van der Waals surface area (Å²) in [6.07, 6.45) is 2.62. The van der Waals surface area contributed by atoms with E-state index in [0.717, 1.165) is 44.8 Å². The molecule has 1 aliphatic heterocycles. The van der Waals surface area contributed by atoms with Crippen molar-refractivity contribution in [2.75, 3.05) is 37.6 Å². The Morgan fingerprint density at radius 1 is 0.913 bits per heavy atom. The van der Waals surface area contributed by atoms with Crippen molar-refractivity contribution in [3.05, 3.63) is 48.4 Å². The summed E-state index contributed by atoms with van der Waals surface area (Å²) in [5, 5.41) is 3.95. The highest BCUT2D eigenvalue weighted by atomic mass is 16.5. The normalized spacial score (nSPS) is 14.3. The zero-order chi connectivity index (χ0) is 16.9. The molecule has 0 spiro atoms. The number of nitrogens with zero attached hydrogens (tertiary/aromatic N) is 3. The van der Waals surface area contributed by atoms with E-state index in [0.29, 0.717) is 0 Å². The molecule has 4 nitrogen and oxygen atoms in total. The van der Waals surface area contributed by atoms with E-state index < -0.39 is 0 Å². The van der Waals surface area contributed by atoms with Gasteiger partial charge in [-0.05, 0) is 12.1 Å². The average Bonchev–Trinajstić information content (AvgIpc) is 3.18. The minimum Gasteiger partial charge on any atom is -0.369 e. The number of para-hydroxylation sites is 1. The maximum atomic E-state index is 4.85. The van der Waals surface area contributed by atoms with Crippen LogP contribution >= 0.6 is 0 Å². The molecule has 1 aromatic carbocycles. The Hall–Kier alpha value is -1.81. The van der Waals surface area contributed by atoms with E-state index in [2.05, 4.69) is 45.3 Å². The summed E-state index contributed by atoms with van der Waals surface area (Å²) in [4.78, 5) is 4.95. The van der Waals surface area contributed by atoms with Crippen molar-refractivity contribution in [2.45, 2.75) is 34.1 Å². The van der Waals surface area contributed by atoms with E-state index in [4.69, 9.17) is 4.52 Å². The van der Waals surface area contributed by atoms with Gasteiger partial charge in [-0.2, -0.15) is 0 Å². The maximum Gasteiger partial charge on any atom is 0.124 e. The highest BCUT2D eigenvalue weighted by Gasteiger charge is 2.16. The second-order valence-electron chi connectivity index (χ2n) is 4.91. The number of hydrogen-bond donors (Lipinski definition) is 0. The van der Waals surface area contributed by atoms with E-state index >= 15 is 0 Å². The molecule has 1 saturated heterocycles. The molecule has 0 unspecified atom stereocenters. The second-order valence-corrected chi connectivity index (χ2v) is 4.91. The van der Waals surface area contributed by atoms with Gasteiger partial charge in [0, 0.05) is 50.9 Å². The van der Waals surface area contributed by atoms with Gasteiger partial charge in [0.25, 0.3) is 0 Å². The summed E-state index contributed by atoms with van der Waals surface area (Å²) in [7, 11) is 0. The molecule has 0 radical (unpaired) electrons. The number of rotatable bonds is 4. The van der Waals surface area contributed by atoms with Gasteiger partial charge >= 0.3 is 0 Å². The molecule has 1 aliphatic rings. The van der Waals surface area contributed by atoms with Gasteiger partial charge < -0.3 is 9.42 Å². The first-order valence-corrected chi connectivity index (χ1v) is 8.83. The minimum atomic E-state index is 0.974. The van der Waals surface area contributed by atoms with E-state index in [1.165, 1.54) is 5.69 Å². The summed E-state index contributed by atoms with van der Waals surface area (Å²) in [6.45, 7) is 13.5. The Balaban J connectivity index is 0.000000615. The molecule has 0 atom stereocenters. The summed E-state index contributed by atoms with van der Waals surface area (Å²) in [5.41, 5.74) is 2.38. The van der Waals surface area contributed by atoms with Crippen molar-refractivity contribution >= 4 is 5.69 Å². The van der Waals surface area contributed by atoms with Crippen LogP contribution in [0.15, 0.2) is 47.2 Å². The Bertz CT molecular complexity index is 477. The van der Waals surface area contributed by atoms with Crippen LogP contribution in [0.2, 0.25) is 0 Å².